The van der Waals surface area contributed by atoms with E-state index in [9.17, 15) is 8.42 Å². The molecule has 132 valence electrons. The lowest BCUT2D eigenvalue weighted by Gasteiger charge is -2.34. The summed E-state index contributed by atoms with van der Waals surface area (Å²) in [7, 11) is -3.42. The Hall–Kier alpha value is -1.99. The molecule has 1 aliphatic carbocycles. The van der Waals surface area contributed by atoms with Crippen molar-refractivity contribution < 1.29 is 8.42 Å². The molecular formula is C18H22N4O2S. The van der Waals surface area contributed by atoms with E-state index in [1.165, 1.54) is 12.8 Å². The molecule has 1 aliphatic heterocycles. The molecule has 0 amide bonds. The van der Waals surface area contributed by atoms with Crippen molar-refractivity contribution in [3.63, 3.8) is 0 Å². The van der Waals surface area contributed by atoms with Gasteiger partial charge in [0, 0.05) is 32.1 Å². The van der Waals surface area contributed by atoms with Gasteiger partial charge in [-0.15, -0.1) is 5.10 Å². The molecule has 0 unspecified atom stereocenters. The van der Waals surface area contributed by atoms with E-state index in [-0.39, 0.29) is 0 Å². The van der Waals surface area contributed by atoms with Crippen LogP contribution in [-0.2, 0) is 10.0 Å². The molecule has 2 fully saturated rings. The molecule has 0 bridgehead atoms. The van der Waals surface area contributed by atoms with Crippen molar-refractivity contribution in [3.8, 4) is 0 Å². The lowest BCUT2D eigenvalue weighted by molar-refractivity contribution is 0.383. The second kappa shape index (κ2) is 6.38. The van der Waals surface area contributed by atoms with Gasteiger partial charge in [0.15, 0.2) is 5.82 Å². The first-order chi connectivity index (χ1) is 12.0. The van der Waals surface area contributed by atoms with Crippen molar-refractivity contribution in [2.45, 2.75) is 30.6 Å². The van der Waals surface area contributed by atoms with Gasteiger partial charge < -0.3 is 4.90 Å². The number of piperazine rings is 1. The number of benzene rings is 1. The SMILES string of the molecule is Cc1ccc(S(=O)(=O)N2CCN(c3ccc(C4CC4)nn3)CC2)cc1. The number of hydrogen-bond donors (Lipinski definition) is 0. The molecule has 0 spiro atoms. The number of nitrogens with zero attached hydrogens (tertiary/aromatic N) is 4. The van der Waals surface area contributed by atoms with Crippen LogP contribution in [-0.4, -0.2) is 49.1 Å². The van der Waals surface area contributed by atoms with Gasteiger partial charge in [-0.3, -0.25) is 0 Å². The van der Waals surface area contributed by atoms with Gasteiger partial charge in [0.1, 0.15) is 0 Å². The lowest BCUT2D eigenvalue weighted by Crippen LogP contribution is -2.49. The Balaban J connectivity index is 1.42. The van der Waals surface area contributed by atoms with Crippen LogP contribution >= 0.6 is 0 Å². The zero-order chi connectivity index (χ0) is 17.4. The van der Waals surface area contributed by atoms with E-state index in [0.717, 1.165) is 17.1 Å². The average Bonchev–Trinajstić information content (AvgIpc) is 3.48. The minimum Gasteiger partial charge on any atom is -0.352 e. The summed E-state index contributed by atoms with van der Waals surface area (Å²) in [4.78, 5) is 2.46. The summed E-state index contributed by atoms with van der Waals surface area (Å²) in [5, 5.41) is 8.64. The van der Waals surface area contributed by atoms with E-state index >= 15 is 0 Å². The fourth-order valence-electron chi connectivity index (χ4n) is 3.12. The normalized spacial score (nSPS) is 19.2. The van der Waals surface area contributed by atoms with Crippen LogP contribution in [0.4, 0.5) is 5.82 Å². The third-order valence-electron chi connectivity index (χ3n) is 4.89. The van der Waals surface area contributed by atoms with E-state index in [1.807, 2.05) is 25.1 Å². The van der Waals surface area contributed by atoms with Crippen LogP contribution in [0.25, 0.3) is 0 Å². The van der Waals surface area contributed by atoms with Crippen molar-refractivity contribution in [1.29, 1.82) is 0 Å². The molecule has 2 heterocycles. The van der Waals surface area contributed by atoms with E-state index in [4.69, 9.17) is 0 Å². The zero-order valence-corrected chi connectivity index (χ0v) is 15.1. The van der Waals surface area contributed by atoms with Crippen LogP contribution < -0.4 is 4.90 Å². The third-order valence-corrected chi connectivity index (χ3v) is 6.80. The Morgan fingerprint density at radius 3 is 2.16 bits per heavy atom. The van der Waals surface area contributed by atoms with Crippen molar-refractivity contribution in [2.75, 3.05) is 31.1 Å². The van der Waals surface area contributed by atoms with Crippen molar-refractivity contribution in [3.05, 3.63) is 47.7 Å². The predicted molar refractivity (Wildman–Crippen MR) is 96.2 cm³/mol. The Morgan fingerprint density at radius 1 is 0.920 bits per heavy atom. The highest BCUT2D eigenvalue weighted by atomic mass is 32.2. The molecule has 7 heteroatoms. The molecule has 6 nitrogen and oxygen atoms in total. The average molecular weight is 358 g/mol. The fourth-order valence-corrected chi connectivity index (χ4v) is 4.54. The Kier molecular flexibility index (Phi) is 4.21. The van der Waals surface area contributed by atoms with Crippen LogP contribution in [0.3, 0.4) is 0 Å². The topological polar surface area (TPSA) is 66.4 Å². The van der Waals surface area contributed by atoms with Crippen molar-refractivity contribution in [1.82, 2.24) is 14.5 Å². The number of sulfonamides is 1. The van der Waals surface area contributed by atoms with Gasteiger partial charge in [0.25, 0.3) is 0 Å². The number of hydrogen-bond acceptors (Lipinski definition) is 5. The molecule has 0 radical (unpaired) electrons. The van der Waals surface area contributed by atoms with Gasteiger partial charge in [-0.2, -0.15) is 9.40 Å². The summed E-state index contributed by atoms with van der Waals surface area (Å²) >= 11 is 0. The zero-order valence-electron chi connectivity index (χ0n) is 14.3. The predicted octanol–water partition coefficient (Wildman–Crippen LogP) is 2.17. The maximum absolute atomic E-state index is 12.7. The van der Waals surface area contributed by atoms with Crippen LogP contribution in [0.15, 0.2) is 41.3 Å². The highest BCUT2D eigenvalue weighted by Crippen LogP contribution is 2.38. The van der Waals surface area contributed by atoms with Crippen molar-refractivity contribution in [2.24, 2.45) is 0 Å². The van der Waals surface area contributed by atoms with Gasteiger partial charge in [0.2, 0.25) is 10.0 Å². The largest absolute Gasteiger partial charge is 0.352 e. The monoisotopic (exact) mass is 358 g/mol. The third kappa shape index (κ3) is 3.39. The maximum atomic E-state index is 12.7. The van der Waals surface area contributed by atoms with E-state index in [2.05, 4.69) is 21.2 Å². The van der Waals surface area contributed by atoms with Gasteiger partial charge in [-0.25, -0.2) is 8.42 Å². The molecule has 1 aromatic heterocycles. The molecule has 2 aromatic rings. The highest BCUT2D eigenvalue weighted by Gasteiger charge is 2.29. The quantitative estimate of drug-likeness (QED) is 0.838. The molecule has 1 saturated carbocycles. The number of anilines is 1. The number of aromatic nitrogens is 2. The van der Waals surface area contributed by atoms with E-state index < -0.39 is 10.0 Å². The summed E-state index contributed by atoms with van der Waals surface area (Å²) in [6, 6.07) is 11.1. The van der Waals surface area contributed by atoms with Gasteiger partial charge in [-0.05, 0) is 44.0 Å². The first kappa shape index (κ1) is 16.5. The first-order valence-corrected chi connectivity index (χ1v) is 10.1. The van der Waals surface area contributed by atoms with Gasteiger partial charge in [-0.1, -0.05) is 17.7 Å². The van der Waals surface area contributed by atoms with Crippen LogP contribution in [0, 0.1) is 6.92 Å². The maximum Gasteiger partial charge on any atom is 0.243 e. The van der Waals surface area contributed by atoms with E-state index in [0.29, 0.717) is 37.0 Å². The van der Waals surface area contributed by atoms with E-state index in [1.54, 1.807) is 16.4 Å². The van der Waals surface area contributed by atoms with Crippen molar-refractivity contribution >= 4 is 15.8 Å². The molecular weight excluding hydrogens is 336 g/mol. The fraction of sp³-hybridized carbons (Fsp3) is 0.444. The lowest BCUT2D eigenvalue weighted by atomic mass is 10.2. The summed E-state index contributed by atoms with van der Waals surface area (Å²) < 4.78 is 27.1. The van der Waals surface area contributed by atoms with Crippen LogP contribution in [0.5, 0.6) is 0 Å². The number of rotatable bonds is 4. The van der Waals surface area contributed by atoms with Gasteiger partial charge in [0.05, 0.1) is 10.6 Å². The number of aryl methyl sites for hydroxylation is 1. The first-order valence-electron chi connectivity index (χ1n) is 8.69. The second-order valence-corrected chi connectivity index (χ2v) is 8.73. The summed E-state index contributed by atoms with van der Waals surface area (Å²) in [6.45, 7) is 4.13. The van der Waals surface area contributed by atoms with Crippen LogP contribution in [0.2, 0.25) is 0 Å². The minimum atomic E-state index is -3.42. The van der Waals surface area contributed by atoms with Crippen LogP contribution in [0.1, 0.15) is 30.0 Å². The highest BCUT2D eigenvalue weighted by molar-refractivity contribution is 7.89. The standard InChI is InChI=1S/C18H22N4O2S/c1-14-2-6-16(7-3-14)25(23,24)22-12-10-21(11-13-22)18-9-8-17(19-20-18)15-4-5-15/h2-3,6-9,15H,4-5,10-13H2,1H3. The molecule has 1 aromatic carbocycles. The molecule has 2 aliphatic rings. The molecule has 4 rings (SSSR count). The second-order valence-electron chi connectivity index (χ2n) is 6.79. The summed E-state index contributed by atoms with van der Waals surface area (Å²) in [6.07, 6.45) is 2.42. The summed E-state index contributed by atoms with van der Waals surface area (Å²) in [5.74, 6) is 1.43. The Morgan fingerprint density at radius 2 is 1.60 bits per heavy atom. The molecule has 1 saturated heterocycles. The molecule has 0 atom stereocenters. The molecule has 0 N–H and O–H groups in total. The van der Waals surface area contributed by atoms with Gasteiger partial charge >= 0.3 is 0 Å². The smallest absolute Gasteiger partial charge is 0.243 e. The summed E-state index contributed by atoms with van der Waals surface area (Å²) in [5.41, 5.74) is 2.13. The Bertz CT molecular complexity index is 838. The Labute approximate surface area is 148 Å². The minimum absolute atomic E-state index is 0.361. The molecule has 25 heavy (non-hydrogen) atoms.